The Morgan fingerprint density at radius 1 is 0.917 bits per heavy atom. The summed E-state index contributed by atoms with van der Waals surface area (Å²) in [6.45, 7) is 8.08. The van der Waals surface area contributed by atoms with E-state index in [0.29, 0.717) is 12.4 Å². The van der Waals surface area contributed by atoms with Gasteiger partial charge in [-0.1, -0.05) is 62.4 Å². The van der Waals surface area contributed by atoms with Gasteiger partial charge >= 0.3 is 12.2 Å². The lowest BCUT2D eigenvalue weighted by Crippen LogP contribution is -2.51. The molecular weight excluding hydrogens is 614 g/mol. The number of nitrogens with zero attached hydrogens (tertiary/aromatic N) is 4. The number of carbonyl (C=O) groups is 3. The molecule has 252 valence electrons. The maximum absolute atomic E-state index is 13.5. The number of hydrogen-bond acceptors (Lipinski definition) is 7. The first-order valence-corrected chi connectivity index (χ1v) is 16.1. The molecule has 0 bridgehead atoms. The first kappa shape index (κ1) is 32.8. The van der Waals surface area contributed by atoms with Crippen LogP contribution in [0.5, 0.6) is 0 Å². The summed E-state index contributed by atoms with van der Waals surface area (Å²) in [5.41, 5.74) is 4.70. The zero-order valence-corrected chi connectivity index (χ0v) is 27.7. The summed E-state index contributed by atoms with van der Waals surface area (Å²) in [5.74, 6) is 1.02. The van der Waals surface area contributed by atoms with Gasteiger partial charge in [-0.3, -0.25) is 9.69 Å². The summed E-state index contributed by atoms with van der Waals surface area (Å²) in [4.78, 5) is 56.1. The Labute approximate surface area is 278 Å². The summed E-state index contributed by atoms with van der Waals surface area (Å²) in [5, 5.41) is 12.4. The molecule has 13 nitrogen and oxygen atoms in total. The second kappa shape index (κ2) is 13.1. The number of carbonyl (C=O) groups excluding carboxylic acids is 2. The molecule has 3 amide bonds. The maximum Gasteiger partial charge on any atom is 0.410 e. The number of nitrogens with one attached hydrogen (secondary N) is 3. The van der Waals surface area contributed by atoms with E-state index in [1.807, 2.05) is 50.2 Å². The average Bonchev–Trinajstić information content (AvgIpc) is 3.89. The fourth-order valence-corrected chi connectivity index (χ4v) is 6.55. The van der Waals surface area contributed by atoms with Crippen LogP contribution in [0.25, 0.3) is 33.6 Å². The molecule has 0 saturated carbocycles. The van der Waals surface area contributed by atoms with Crippen molar-refractivity contribution in [3.63, 3.8) is 0 Å². The number of benzene rings is 2. The van der Waals surface area contributed by atoms with Crippen LogP contribution in [0.1, 0.15) is 64.3 Å². The minimum absolute atomic E-state index is 0.102. The van der Waals surface area contributed by atoms with Crippen LogP contribution in [0.15, 0.2) is 60.9 Å². The third-order valence-electron chi connectivity index (χ3n) is 9.17. The number of amides is 3. The number of likely N-dealkylation sites (tertiary alicyclic amines) is 1. The van der Waals surface area contributed by atoms with E-state index in [1.165, 1.54) is 12.0 Å². The summed E-state index contributed by atoms with van der Waals surface area (Å²) >= 11 is 0. The van der Waals surface area contributed by atoms with Crippen LogP contribution in [-0.2, 0) is 14.3 Å². The Kier molecular flexibility index (Phi) is 8.97. The van der Waals surface area contributed by atoms with E-state index >= 15 is 0 Å². The summed E-state index contributed by atoms with van der Waals surface area (Å²) in [7, 11) is 1.29. The second-order valence-corrected chi connectivity index (χ2v) is 13.0. The van der Waals surface area contributed by atoms with Crippen molar-refractivity contribution in [2.75, 3.05) is 20.3 Å². The smallest absolute Gasteiger partial charge is 0.410 e. The zero-order chi connectivity index (χ0) is 34.2. The first-order valence-electron chi connectivity index (χ1n) is 16.1. The number of methoxy groups -OCH3 is 1. The van der Waals surface area contributed by atoms with Gasteiger partial charge in [0.05, 0.1) is 43.5 Å². The molecule has 2 aromatic carbocycles. The standard InChI is InChI=1S/C35H41N7O6/c1-20(2)29(40-33(44)47-5)32(43)41-16-6-7-27(41)30-36-17-25(38-30)23-12-8-21(9-13-23)22-10-14-24(15-11-22)26-18-37-31(39-26)28-19-48-35(3,4)42(28)34(45)46/h8-15,17-18,20,27-29H,6-7,16,19H2,1-5H3,(H,36,38)(H,37,39)(H,40,44)(H,45,46). The van der Waals surface area contributed by atoms with Crippen LogP contribution in [0, 0.1) is 5.92 Å². The molecule has 48 heavy (non-hydrogen) atoms. The number of rotatable bonds is 8. The highest BCUT2D eigenvalue weighted by molar-refractivity contribution is 5.86. The van der Waals surface area contributed by atoms with Gasteiger partial charge in [0.15, 0.2) is 0 Å². The molecule has 4 heterocycles. The molecule has 4 N–H and O–H groups in total. The Balaban J connectivity index is 1.13. The van der Waals surface area contributed by atoms with Gasteiger partial charge in [-0.2, -0.15) is 0 Å². The SMILES string of the molecule is COC(=O)NC(C(=O)N1CCCC1c1ncc(-c2ccc(-c3ccc(-c4cnc(C5COC(C)(C)N5C(=O)O)[nH]4)cc3)cc2)[nH]1)C(C)C. The minimum atomic E-state index is -1.05. The number of imidazole rings is 2. The molecule has 0 radical (unpaired) electrons. The first-order chi connectivity index (χ1) is 23.0. The van der Waals surface area contributed by atoms with Crippen molar-refractivity contribution in [1.82, 2.24) is 35.1 Å². The molecule has 6 rings (SSSR count). The van der Waals surface area contributed by atoms with Crippen molar-refractivity contribution in [3.05, 3.63) is 72.6 Å². The summed E-state index contributed by atoms with van der Waals surface area (Å²) in [6, 6.07) is 14.9. The van der Waals surface area contributed by atoms with Gasteiger partial charge < -0.3 is 34.8 Å². The van der Waals surface area contributed by atoms with E-state index in [-0.39, 0.29) is 24.5 Å². The van der Waals surface area contributed by atoms with E-state index in [9.17, 15) is 19.5 Å². The van der Waals surface area contributed by atoms with Crippen LogP contribution in [0.3, 0.4) is 0 Å². The van der Waals surface area contributed by atoms with Gasteiger partial charge in [-0.05, 0) is 54.9 Å². The minimum Gasteiger partial charge on any atom is -0.465 e. The molecule has 2 aromatic heterocycles. The van der Waals surface area contributed by atoms with Crippen molar-refractivity contribution in [3.8, 4) is 33.6 Å². The number of H-pyrrole nitrogens is 2. The van der Waals surface area contributed by atoms with Crippen molar-refractivity contribution in [2.45, 2.75) is 64.4 Å². The molecule has 2 fully saturated rings. The topological polar surface area (TPSA) is 166 Å². The quantitative estimate of drug-likeness (QED) is 0.180. The maximum atomic E-state index is 13.5. The van der Waals surface area contributed by atoms with E-state index in [1.54, 1.807) is 31.1 Å². The third kappa shape index (κ3) is 6.37. The second-order valence-electron chi connectivity index (χ2n) is 13.0. The number of aromatic nitrogens is 4. The molecule has 3 unspecified atom stereocenters. The molecule has 0 aliphatic carbocycles. The molecule has 3 atom stereocenters. The van der Waals surface area contributed by atoms with Crippen LogP contribution in [0.2, 0.25) is 0 Å². The van der Waals surface area contributed by atoms with E-state index in [4.69, 9.17) is 9.47 Å². The van der Waals surface area contributed by atoms with E-state index in [2.05, 4.69) is 37.4 Å². The van der Waals surface area contributed by atoms with Crippen LogP contribution in [0.4, 0.5) is 9.59 Å². The Hall–Kier alpha value is -5.17. The zero-order valence-electron chi connectivity index (χ0n) is 27.7. The van der Waals surface area contributed by atoms with Gasteiger partial charge in [0.1, 0.15) is 29.5 Å². The van der Waals surface area contributed by atoms with Crippen LogP contribution < -0.4 is 5.32 Å². The van der Waals surface area contributed by atoms with Gasteiger partial charge in [0, 0.05) is 6.54 Å². The number of carboxylic acid groups (broad SMARTS) is 1. The predicted octanol–water partition coefficient (Wildman–Crippen LogP) is 5.97. The largest absolute Gasteiger partial charge is 0.465 e. The number of hydrogen-bond donors (Lipinski definition) is 4. The van der Waals surface area contributed by atoms with Crippen LogP contribution in [-0.4, -0.2) is 85.0 Å². The molecule has 0 spiro atoms. The van der Waals surface area contributed by atoms with Gasteiger partial charge in [-0.25, -0.2) is 19.6 Å². The molecule has 4 aromatic rings. The number of aromatic amines is 2. The molecule has 2 aliphatic heterocycles. The fraction of sp³-hybridized carbons (Fsp3) is 0.400. The lowest BCUT2D eigenvalue weighted by Gasteiger charge is -2.30. The molecule has 2 aliphatic rings. The molecule has 13 heteroatoms. The highest BCUT2D eigenvalue weighted by Gasteiger charge is 2.46. The predicted molar refractivity (Wildman–Crippen MR) is 178 cm³/mol. The van der Waals surface area contributed by atoms with E-state index < -0.39 is 30.0 Å². The Bertz CT molecular complexity index is 1780. The van der Waals surface area contributed by atoms with Crippen molar-refractivity contribution in [1.29, 1.82) is 0 Å². The van der Waals surface area contributed by atoms with Gasteiger partial charge in [0.2, 0.25) is 5.91 Å². The van der Waals surface area contributed by atoms with Gasteiger partial charge in [0.25, 0.3) is 0 Å². The average molecular weight is 656 g/mol. The normalized spacial score (nSPS) is 19.5. The Morgan fingerprint density at radius 3 is 1.94 bits per heavy atom. The monoisotopic (exact) mass is 655 g/mol. The van der Waals surface area contributed by atoms with Gasteiger partial charge in [-0.15, -0.1) is 0 Å². The summed E-state index contributed by atoms with van der Waals surface area (Å²) in [6.07, 6.45) is 3.46. The lowest BCUT2D eigenvalue weighted by atomic mass is 10.0. The lowest BCUT2D eigenvalue weighted by molar-refractivity contribution is -0.135. The van der Waals surface area contributed by atoms with Crippen molar-refractivity contribution in [2.24, 2.45) is 5.92 Å². The molecule has 2 saturated heterocycles. The highest BCUT2D eigenvalue weighted by atomic mass is 16.5. The van der Waals surface area contributed by atoms with Crippen molar-refractivity contribution >= 4 is 18.1 Å². The molecular formula is C35H41N7O6. The van der Waals surface area contributed by atoms with Crippen LogP contribution >= 0.6 is 0 Å². The van der Waals surface area contributed by atoms with E-state index in [0.717, 1.165) is 52.3 Å². The number of ether oxygens (including phenoxy) is 2. The fourth-order valence-electron chi connectivity index (χ4n) is 6.55. The number of alkyl carbamates (subject to hydrolysis) is 1. The highest BCUT2D eigenvalue weighted by Crippen LogP contribution is 2.37. The Morgan fingerprint density at radius 2 is 1.44 bits per heavy atom. The van der Waals surface area contributed by atoms with Crippen molar-refractivity contribution < 1.29 is 29.0 Å². The third-order valence-corrected chi connectivity index (χ3v) is 9.17. The summed E-state index contributed by atoms with van der Waals surface area (Å²) < 4.78 is 10.4.